The predicted molar refractivity (Wildman–Crippen MR) is 59.4 cm³/mol. The van der Waals surface area contributed by atoms with Gasteiger partial charge in [0.05, 0.1) is 6.61 Å². The highest BCUT2D eigenvalue weighted by Crippen LogP contribution is 2.27. The van der Waals surface area contributed by atoms with Crippen LogP contribution in [0, 0.1) is 0 Å². The lowest BCUT2D eigenvalue weighted by molar-refractivity contribution is -0.127. The third-order valence-electron chi connectivity index (χ3n) is 2.54. The molecule has 0 saturated heterocycles. The minimum absolute atomic E-state index is 0.0757. The molecule has 1 aliphatic rings. The molecule has 86 valence electrons. The topological polar surface area (TPSA) is 47.6 Å². The standard InChI is InChI=1S/C12H15NO3/c1-15-7-6-13-12(14)11-8-9-4-2-3-5-10(9)16-11/h2-5,11H,6-8H2,1H3,(H,13,14)/t11-/m1/s1. The molecule has 0 bridgehead atoms. The number of rotatable bonds is 4. The first-order chi connectivity index (χ1) is 7.81. The Balaban J connectivity index is 1.88. The Morgan fingerprint density at radius 2 is 2.38 bits per heavy atom. The van der Waals surface area contributed by atoms with Gasteiger partial charge < -0.3 is 14.8 Å². The molecule has 1 N–H and O–H groups in total. The second-order valence-corrected chi connectivity index (χ2v) is 3.70. The Hall–Kier alpha value is -1.55. The Morgan fingerprint density at radius 3 is 3.12 bits per heavy atom. The SMILES string of the molecule is COCCNC(=O)[C@H]1Cc2ccccc2O1. The van der Waals surface area contributed by atoms with Crippen LogP contribution in [0.15, 0.2) is 24.3 Å². The molecule has 1 aromatic carbocycles. The molecule has 4 nitrogen and oxygen atoms in total. The van der Waals surface area contributed by atoms with Gasteiger partial charge in [-0.15, -0.1) is 0 Å². The van der Waals surface area contributed by atoms with Gasteiger partial charge in [-0.25, -0.2) is 0 Å². The summed E-state index contributed by atoms with van der Waals surface area (Å²) in [6.45, 7) is 1.04. The highest BCUT2D eigenvalue weighted by atomic mass is 16.5. The molecule has 1 amide bonds. The first-order valence-electron chi connectivity index (χ1n) is 5.32. The van der Waals surface area contributed by atoms with Crippen LogP contribution in [0.1, 0.15) is 5.56 Å². The monoisotopic (exact) mass is 221 g/mol. The Bertz CT molecular complexity index is 353. The van der Waals surface area contributed by atoms with Gasteiger partial charge in [0.2, 0.25) is 0 Å². The van der Waals surface area contributed by atoms with Crippen molar-refractivity contribution in [3.63, 3.8) is 0 Å². The second kappa shape index (κ2) is 4.99. The maximum absolute atomic E-state index is 11.7. The van der Waals surface area contributed by atoms with Crippen molar-refractivity contribution >= 4 is 5.91 Å². The minimum Gasteiger partial charge on any atom is -0.480 e. The third kappa shape index (κ3) is 2.33. The Morgan fingerprint density at radius 1 is 1.56 bits per heavy atom. The van der Waals surface area contributed by atoms with Gasteiger partial charge in [0.15, 0.2) is 6.10 Å². The molecule has 4 heteroatoms. The normalized spacial score (nSPS) is 17.7. The molecule has 1 atom stereocenters. The molecule has 0 fully saturated rings. The summed E-state index contributed by atoms with van der Waals surface area (Å²) in [5.41, 5.74) is 1.09. The van der Waals surface area contributed by atoms with Gasteiger partial charge in [-0.3, -0.25) is 4.79 Å². The zero-order valence-corrected chi connectivity index (χ0v) is 9.23. The predicted octanol–water partition coefficient (Wildman–Crippen LogP) is 0.753. The van der Waals surface area contributed by atoms with Crippen molar-refractivity contribution < 1.29 is 14.3 Å². The number of carbonyl (C=O) groups is 1. The van der Waals surface area contributed by atoms with Crippen LogP contribution in [0.4, 0.5) is 0 Å². The Kier molecular flexibility index (Phi) is 3.41. The number of hydrogen-bond donors (Lipinski definition) is 1. The van der Waals surface area contributed by atoms with Crippen molar-refractivity contribution in [2.45, 2.75) is 12.5 Å². The summed E-state index contributed by atoms with van der Waals surface area (Å²) in [7, 11) is 1.61. The lowest BCUT2D eigenvalue weighted by Crippen LogP contribution is -2.38. The summed E-state index contributed by atoms with van der Waals surface area (Å²) in [6, 6.07) is 7.73. The molecule has 0 saturated carbocycles. The Labute approximate surface area is 94.6 Å². The molecule has 0 unspecified atom stereocenters. The van der Waals surface area contributed by atoms with E-state index in [1.807, 2.05) is 24.3 Å². The smallest absolute Gasteiger partial charge is 0.261 e. The van der Waals surface area contributed by atoms with Gasteiger partial charge in [0.25, 0.3) is 5.91 Å². The zero-order valence-electron chi connectivity index (χ0n) is 9.23. The molecule has 0 radical (unpaired) electrons. The van der Waals surface area contributed by atoms with Crippen LogP contribution < -0.4 is 10.1 Å². The van der Waals surface area contributed by atoms with Gasteiger partial charge in [-0.1, -0.05) is 18.2 Å². The second-order valence-electron chi connectivity index (χ2n) is 3.70. The number of benzene rings is 1. The van der Waals surface area contributed by atoms with Crippen LogP contribution in [0.2, 0.25) is 0 Å². The first kappa shape index (κ1) is 11.0. The molecule has 0 aliphatic carbocycles. The van der Waals surface area contributed by atoms with Crippen LogP contribution in [-0.4, -0.2) is 32.3 Å². The largest absolute Gasteiger partial charge is 0.480 e. The third-order valence-corrected chi connectivity index (χ3v) is 2.54. The van der Waals surface area contributed by atoms with E-state index in [0.717, 1.165) is 11.3 Å². The summed E-state index contributed by atoms with van der Waals surface area (Å²) in [4.78, 5) is 11.7. The van der Waals surface area contributed by atoms with E-state index in [4.69, 9.17) is 9.47 Å². The average molecular weight is 221 g/mol. The van der Waals surface area contributed by atoms with Crippen LogP contribution in [0.5, 0.6) is 5.75 Å². The molecule has 16 heavy (non-hydrogen) atoms. The number of hydrogen-bond acceptors (Lipinski definition) is 3. The summed E-state index contributed by atoms with van der Waals surface area (Å²) < 4.78 is 10.4. The zero-order chi connectivity index (χ0) is 11.4. The van der Waals surface area contributed by atoms with E-state index < -0.39 is 6.10 Å². The summed E-state index contributed by atoms with van der Waals surface area (Å²) in [6.07, 6.45) is 0.254. The van der Waals surface area contributed by atoms with E-state index >= 15 is 0 Å². The molecule has 1 aliphatic heterocycles. The van der Waals surface area contributed by atoms with Gasteiger partial charge in [0.1, 0.15) is 5.75 Å². The van der Waals surface area contributed by atoms with Crippen molar-refractivity contribution in [3.8, 4) is 5.75 Å². The van der Waals surface area contributed by atoms with E-state index in [9.17, 15) is 4.79 Å². The van der Waals surface area contributed by atoms with Crippen molar-refractivity contribution in [3.05, 3.63) is 29.8 Å². The van der Waals surface area contributed by atoms with E-state index in [2.05, 4.69) is 5.32 Å². The number of methoxy groups -OCH3 is 1. The highest BCUT2D eigenvalue weighted by Gasteiger charge is 2.28. The lowest BCUT2D eigenvalue weighted by atomic mass is 10.1. The lowest BCUT2D eigenvalue weighted by Gasteiger charge is -2.10. The molecular weight excluding hydrogens is 206 g/mol. The summed E-state index contributed by atoms with van der Waals surface area (Å²) in [5.74, 6) is 0.739. The van der Waals surface area contributed by atoms with Crippen LogP contribution in [-0.2, 0) is 16.0 Å². The maximum atomic E-state index is 11.7. The van der Waals surface area contributed by atoms with Crippen LogP contribution in [0.25, 0.3) is 0 Å². The minimum atomic E-state index is -0.394. The fourth-order valence-electron chi connectivity index (χ4n) is 1.72. The summed E-state index contributed by atoms with van der Waals surface area (Å²) in [5, 5.41) is 2.77. The van der Waals surface area contributed by atoms with E-state index in [1.165, 1.54) is 0 Å². The first-order valence-corrected chi connectivity index (χ1v) is 5.32. The molecule has 2 rings (SSSR count). The van der Waals surface area contributed by atoms with Crippen molar-refractivity contribution in [2.24, 2.45) is 0 Å². The molecule has 1 heterocycles. The molecule has 0 aromatic heterocycles. The quantitative estimate of drug-likeness (QED) is 0.763. The number of para-hydroxylation sites is 1. The van der Waals surface area contributed by atoms with E-state index in [0.29, 0.717) is 19.6 Å². The fraction of sp³-hybridized carbons (Fsp3) is 0.417. The number of fused-ring (bicyclic) bond motifs is 1. The highest BCUT2D eigenvalue weighted by molar-refractivity contribution is 5.82. The maximum Gasteiger partial charge on any atom is 0.261 e. The van der Waals surface area contributed by atoms with Crippen LogP contribution in [0.3, 0.4) is 0 Å². The van der Waals surface area contributed by atoms with Crippen molar-refractivity contribution in [1.82, 2.24) is 5.32 Å². The van der Waals surface area contributed by atoms with Gasteiger partial charge in [-0.2, -0.15) is 0 Å². The molecule has 1 aromatic rings. The van der Waals surface area contributed by atoms with Crippen molar-refractivity contribution in [1.29, 1.82) is 0 Å². The number of nitrogens with one attached hydrogen (secondary N) is 1. The van der Waals surface area contributed by atoms with E-state index in [1.54, 1.807) is 7.11 Å². The number of amides is 1. The fourth-order valence-corrected chi connectivity index (χ4v) is 1.72. The van der Waals surface area contributed by atoms with Gasteiger partial charge in [-0.05, 0) is 11.6 Å². The summed E-state index contributed by atoms with van der Waals surface area (Å²) >= 11 is 0. The number of ether oxygens (including phenoxy) is 2. The van der Waals surface area contributed by atoms with E-state index in [-0.39, 0.29) is 5.91 Å². The van der Waals surface area contributed by atoms with Crippen LogP contribution >= 0.6 is 0 Å². The van der Waals surface area contributed by atoms with Gasteiger partial charge >= 0.3 is 0 Å². The van der Waals surface area contributed by atoms with Gasteiger partial charge in [0, 0.05) is 20.1 Å². The number of carbonyl (C=O) groups excluding carboxylic acids is 1. The molecule has 0 spiro atoms. The van der Waals surface area contributed by atoms with Crippen molar-refractivity contribution in [2.75, 3.05) is 20.3 Å². The average Bonchev–Trinajstić information content (AvgIpc) is 2.73. The molecular formula is C12H15NO3.